The highest BCUT2D eigenvalue weighted by Crippen LogP contribution is 2.57. The Kier molecular flexibility index (Phi) is 7.93. The number of hydrogen-bond donors (Lipinski definition) is 1. The van der Waals surface area contributed by atoms with Crippen molar-refractivity contribution < 1.29 is 23.5 Å². The van der Waals surface area contributed by atoms with Crippen LogP contribution in [0.4, 0.5) is 4.39 Å². The number of likely N-dealkylation sites (N-methyl/N-ethyl adjacent to an activating group) is 1. The Morgan fingerprint density at radius 3 is 2.68 bits per heavy atom. The Morgan fingerprint density at radius 1 is 1.07 bits per heavy atom. The zero-order valence-corrected chi connectivity index (χ0v) is 24.9. The number of alkyl halides is 1. The fraction of sp³-hybridized carbons (Fsp3) is 0.875. The van der Waals surface area contributed by atoms with Gasteiger partial charge in [0.15, 0.2) is 5.78 Å². The molecule has 4 saturated carbocycles. The number of fused-ring (bicyclic) bond motifs is 5. The van der Waals surface area contributed by atoms with Gasteiger partial charge in [-0.15, -0.1) is 0 Å². The van der Waals surface area contributed by atoms with Gasteiger partial charge in [0.1, 0.15) is 6.17 Å². The predicted octanol–water partition coefficient (Wildman–Crippen LogP) is 2.62. The van der Waals surface area contributed by atoms with Crippen LogP contribution >= 0.6 is 0 Å². The second kappa shape index (κ2) is 11.5. The molecule has 8 nitrogen and oxygen atoms in total. The number of hydrogen-bond acceptors (Lipinski definition) is 7. The van der Waals surface area contributed by atoms with Crippen LogP contribution in [0.25, 0.3) is 0 Å². The summed E-state index contributed by atoms with van der Waals surface area (Å²) >= 11 is 0. The van der Waals surface area contributed by atoms with Gasteiger partial charge >= 0.3 is 0 Å². The van der Waals surface area contributed by atoms with E-state index in [4.69, 9.17) is 9.47 Å². The predicted molar refractivity (Wildman–Crippen MR) is 153 cm³/mol. The molecule has 3 heterocycles. The second-order valence-electron chi connectivity index (χ2n) is 14.2. The average molecular weight is 573 g/mol. The van der Waals surface area contributed by atoms with Crippen molar-refractivity contribution in [2.24, 2.45) is 29.6 Å². The first-order valence-electron chi connectivity index (χ1n) is 16.5. The van der Waals surface area contributed by atoms with Gasteiger partial charge in [-0.1, -0.05) is 19.3 Å². The normalized spacial score (nSPS) is 43.9. The molecule has 9 heteroatoms. The number of morpholine rings is 2. The highest BCUT2D eigenvalue weighted by Gasteiger charge is 2.61. The van der Waals surface area contributed by atoms with Crippen LogP contribution in [0.2, 0.25) is 0 Å². The molecule has 0 aromatic rings. The van der Waals surface area contributed by atoms with Crippen LogP contribution in [0.1, 0.15) is 57.8 Å². The van der Waals surface area contributed by atoms with Gasteiger partial charge < -0.3 is 24.6 Å². The molecule has 11 atom stereocenters. The Morgan fingerprint density at radius 2 is 1.88 bits per heavy atom. The van der Waals surface area contributed by atoms with Gasteiger partial charge in [0.25, 0.3) is 5.91 Å². The molecule has 0 aromatic heterocycles. The largest absolute Gasteiger partial charge is 0.379 e. The Hall–Kier alpha value is -1.55. The molecule has 7 aliphatic rings. The van der Waals surface area contributed by atoms with E-state index in [1.165, 1.54) is 37.0 Å². The van der Waals surface area contributed by atoms with Crippen molar-refractivity contribution in [3.05, 3.63) is 11.8 Å². The van der Waals surface area contributed by atoms with Crippen LogP contribution in [0, 0.1) is 29.6 Å². The SMILES string of the molecule is CN(C)C(=O)C1=CN2C3CC4C(CC5CCCCC54)CC3OC3C(NCCCN4CCOCC4)C(F)CC(C1=O)C32. The molecular formula is C32H49FN4O4. The molecule has 0 radical (unpaired) electrons. The molecule has 11 unspecified atom stereocenters. The smallest absolute Gasteiger partial charge is 0.258 e. The lowest BCUT2D eigenvalue weighted by Gasteiger charge is -2.60. The zero-order valence-electron chi connectivity index (χ0n) is 24.9. The first-order valence-corrected chi connectivity index (χ1v) is 16.5. The summed E-state index contributed by atoms with van der Waals surface area (Å²) in [4.78, 5) is 33.2. The van der Waals surface area contributed by atoms with Crippen molar-refractivity contribution in [3.8, 4) is 0 Å². The van der Waals surface area contributed by atoms with Crippen LogP contribution in [0.5, 0.6) is 0 Å². The summed E-state index contributed by atoms with van der Waals surface area (Å²) in [5.74, 6) is 2.01. The molecule has 41 heavy (non-hydrogen) atoms. The van der Waals surface area contributed by atoms with E-state index in [1.54, 1.807) is 14.1 Å². The molecular weight excluding hydrogens is 523 g/mol. The van der Waals surface area contributed by atoms with Gasteiger partial charge in [0.05, 0.1) is 49.1 Å². The lowest BCUT2D eigenvalue weighted by molar-refractivity contribution is -0.206. The summed E-state index contributed by atoms with van der Waals surface area (Å²) < 4.78 is 28.5. The number of Topliss-reactive ketones (excluding diaryl/α,β-unsaturated/α-hetero) is 1. The van der Waals surface area contributed by atoms with Gasteiger partial charge in [-0.3, -0.25) is 14.5 Å². The standard InChI is InChI=1S/C32H49FN4O4/c1-35(2)32(39)24-18-37-26-17-22-20(14-19-6-3-4-7-21(19)22)15-27(26)41-31-28(25(33)16-23(29(31)37)30(24)38)34-8-5-9-36-10-12-40-13-11-36/h18-23,25-29,31,34H,3-17H2,1-2H3. The Labute approximate surface area is 244 Å². The number of ether oxygens (including phenoxy) is 2. The molecule has 0 bridgehead atoms. The minimum absolute atomic E-state index is 0.0152. The summed E-state index contributed by atoms with van der Waals surface area (Å²) in [5.41, 5.74) is 0.226. The fourth-order valence-corrected chi connectivity index (χ4v) is 10.0. The highest BCUT2D eigenvalue weighted by molar-refractivity contribution is 6.20. The molecule has 6 fully saturated rings. The van der Waals surface area contributed by atoms with Crippen molar-refractivity contribution in [2.45, 2.75) is 94.3 Å². The number of carbonyl (C=O) groups excluding carboxylic acids is 2. The maximum absolute atomic E-state index is 16.0. The van der Waals surface area contributed by atoms with Gasteiger partial charge in [0, 0.05) is 39.3 Å². The summed E-state index contributed by atoms with van der Waals surface area (Å²) in [7, 11) is 3.38. The molecule has 1 N–H and O–H groups in total. The molecule has 228 valence electrons. The van der Waals surface area contributed by atoms with Crippen LogP contribution in [0.15, 0.2) is 11.8 Å². The second-order valence-corrected chi connectivity index (χ2v) is 14.2. The van der Waals surface area contributed by atoms with Crippen molar-refractivity contribution in [1.29, 1.82) is 0 Å². The molecule has 2 saturated heterocycles. The monoisotopic (exact) mass is 572 g/mol. The number of rotatable bonds is 6. The van der Waals surface area contributed by atoms with Crippen molar-refractivity contribution in [3.63, 3.8) is 0 Å². The molecule has 3 aliphatic heterocycles. The summed E-state index contributed by atoms with van der Waals surface area (Å²) in [6.07, 6.45) is 10.2. The minimum atomic E-state index is -1.19. The van der Waals surface area contributed by atoms with E-state index in [9.17, 15) is 9.59 Å². The van der Waals surface area contributed by atoms with E-state index in [-0.39, 0.29) is 41.9 Å². The zero-order chi connectivity index (χ0) is 28.2. The number of nitrogens with one attached hydrogen (secondary N) is 1. The van der Waals surface area contributed by atoms with Crippen molar-refractivity contribution in [1.82, 2.24) is 20.0 Å². The highest BCUT2D eigenvalue weighted by atomic mass is 19.1. The van der Waals surface area contributed by atoms with Crippen LogP contribution in [-0.2, 0) is 19.1 Å². The van der Waals surface area contributed by atoms with Crippen molar-refractivity contribution in [2.75, 3.05) is 53.5 Å². The molecule has 1 amide bonds. The summed E-state index contributed by atoms with van der Waals surface area (Å²) in [6.45, 7) is 5.16. The van der Waals surface area contributed by atoms with E-state index in [0.29, 0.717) is 11.8 Å². The van der Waals surface area contributed by atoms with E-state index in [0.717, 1.165) is 70.5 Å². The van der Waals surface area contributed by atoms with Crippen LogP contribution in [0.3, 0.4) is 0 Å². The van der Waals surface area contributed by atoms with Crippen molar-refractivity contribution >= 4 is 11.7 Å². The lowest BCUT2D eigenvalue weighted by Crippen LogP contribution is -2.73. The molecule has 0 spiro atoms. The number of ketones is 1. The maximum Gasteiger partial charge on any atom is 0.258 e. The van der Waals surface area contributed by atoms with Crippen LogP contribution in [-0.4, -0.2) is 116 Å². The number of halogens is 1. The Bertz CT molecular complexity index is 1030. The third-order valence-electron chi connectivity index (χ3n) is 11.9. The van der Waals surface area contributed by atoms with E-state index >= 15 is 4.39 Å². The molecule has 0 aromatic carbocycles. The fourth-order valence-electron chi connectivity index (χ4n) is 10.0. The minimum Gasteiger partial charge on any atom is -0.379 e. The first-order chi connectivity index (χ1) is 19.9. The summed E-state index contributed by atoms with van der Waals surface area (Å²) in [5, 5.41) is 3.56. The molecule has 4 aliphatic carbocycles. The number of nitrogens with zero attached hydrogens (tertiary/aromatic N) is 3. The maximum atomic E-state index is 16.0. The number of carbonyl (C=O) groups is 2. The third kappa shape index (κ3) is 5.06. The first kappa shape index (κ1) is 28.2. The average Bonchev–Trinajstić information content (AvgIpc) is 3.34. The van der Waals surface area contributed by atoms with Gasteiger partial charge in [-0.2, -0.15) is 0 Å². The topological polar surface area (TPSA) is 74.3 Å². The quantitative estimate of drug-likeness (QED) is 0.388. The summed E-state index contributed by atoms with van der Waals surface area (Å²) in [6, 6.07) is -0.510. The van der Waals surface area contributed by atoms with E-state index in [2.05, 4.69) is 15.1 Å². The third-order valence-corrected chi connectivity index (χ3v) is 11.9. The lowest BCUT2D eigenvalue weighted by atomic mass is 9.66. The molecule has 7 rings (SSSR count). The van der Waals surface area contributed by atoms with Gasteiger partial charge in [0.2, 0.25) is 0 Å². The van der Waals surface area contributed by atoms with Gasteiger partial charge in [-0.25, -0.2) is 4.39 Å². The van der Waals surface area contributed by atoms with Gasteiger partial charge in [-0.05, 0) is 75.3 Å². The van der Waals surface area contributed by atoms with E-state index in [1.807, 2.05) is 6.20 Å². The van der Waals surface area contributed by atoms with E-state index < -0.39 is 24.2 Å². The van der Waals surface area contributed by atoms with Crippen LogP contribution < -0.4 is 5.32 Å². The number of amides is 1. The Balaban J connectivity index is 1.14.